The summed E-state index contributed by atoms with van der Waals surface area (Å²) in [7, 11) is 0. The molecule has 0 aromatic carbocycles. The standard InChI is InChI=1S/C11H19N3O2S/c1-9-13-14-11(17-9)12-4-2-5-15-7-10-3-6-16-8-10/h10H,2-8H2,1H3,(H,12,14). The van der Waals surface area contributed by atoms with Gasteiger partial charge in [-0.1, -0.05) is 11.3 Å². The Labute approximate surface area is 106 Å². The normalized spacial score (nSPS) is 19.7. The minimum Gasteiger partial charge on any atom is -0.381 e. The van der Waals surface area contributed by atoms with E-state index in [0.29, 0.717) is 5.92 Å². The van der Waals surface area contributed by atoms with Gasteiger partial charge in [-0.3, -0.25) is 0 Å². The third kappa shape index (κ3) is 4.57. The van der Waals surface area contributed by atoms with Crippen molar-refractivity contribution < 1.29 is 9.47 Å². The number of hydrogen-bond acceptors (Lipinski definition) is 6. The number of ether oxygens (including phenoxy) is 2. The number of rotatable bonds is 7. The fourth-order valence-electron chi connectivity index (χ4n) is 1.70. The van der Waals surface area contributed by atoms with Crippen LogP contribution in [0.15, 0.2) is 0 Å². The van der Waals surface area contributed by atoms with Gasteiger partial charge in [-0.2, -0.15) is 0 Å². The van der Waals surface area contributed by atoms with Gasteiger partial charge in [-0.05, 0) is 19.8 Å². The summed E-state index contributed by atoms with van der Waals surface area (Å²) in [6, 6.07) is 0. The van der Waals surface area contributed by atoms with E-state index in [1.54, 1.807) is 11.3 Å². The highest BCUT2D eigenvalue weighted by atomic mass is 32.1. The highest BCUT2D eigenvalue weighted by molar-refractivity contribution is 7.15. The summed E-state index contributed by atoms with van der Waals surface area (Å²) in [5, 5.41) is 13.1. The molecule has 1 aromatic rings. The van der Waals surface area contributed by atoms with Gasteiger partial charge < -0.3 is 14.8 Å². The Morgan fingerprint density at radius 1 is 1.53 bits per heavy atom. The summed E-state index contributed by atoms with van der Waals surface area (Å²) in [5.74, 6) is 0.605. The SMILES string of the molecule is Cc1nnc(NCCCOCC2CCOC2)s1. The Bertz CT molecular complexity index is 326. The zero-order valence-corrected chi connectivity index (χ0v) is 11.0. The fraction of sp³-hybridized carbons (Fsp3) is 0.818. The maximum Gasteiger partial charge on any atom is 0.205 e. The molecular weight excluding hydrogens is 238 g/mol. The molecule has 1 N–H and O–H groups in total. The number of aromatic nitrogens is 2. The lowest BCUT2D eigenvalue weighted by Crippen LogP contribution is -2.12. The van der Waals surface area contributed by atoms with Gasteiger partial charge in [0.2, 0.25) is 5.13 Å². The van der Waals surface area contributed by atoms with Crippen LogP contribution < -0.4 is 5.32 Å². The minimum atomic E-state index is 0.605. The summed E-state index contributed by atoms with van der Waals surface area (Å²) in [6.07, 6.45) is 2.13. The van der Waals surface area contributed by atoms with Crippen molar-refractivity contribution in [3.8, 4) is 0 Å². The molecule has 1 aromatic heterocycles. The van der Waals surface area contributed by atoms with Crippen molar-refractivity contribution in [2.24, 2.45) is 5.92 Å². The molecule has 1 atom stereocenters. The molecule has 96 valence electrons. The van der Waals surface area contributed by atoms with Gasteiger partial charge in [0.05, 0.1) is 13.2 Å². The highest BCUT2D eigenvalue weighted by Crippen LogP contribution is 2.14. The lowest BCUT2D eigenvalue weighted by Gasteiger charge is -2.08. The van der Waals surface area contributed by atoms with Gasteiger partial charge in [0.25, 0.3) is 0 Å². The zero-order chi connectivity index (χ0) is 11.9. The van der Waals surface area contributed by atoms with Gasteiger partial charge in [-0.25, -0.2) is 0 Å². The summed E-state index contributed by atoms with van der Waals surface area (Å²) in [5.41, 5.74) is 0. The van der Waals surface area contributed by atoms with Crippen LogP contribution in [0.1, 0.15) is 17.8 Å². The van der Waals surface area contributed by atoms with Gasteiger partial charge >= 0.3 is 0 Å². The van der Waals surface area contributed by atoms with Crippen molar-refractivity contribution in [3.63, 3.8) is 0 Å². The molecule has 2 heterocycles. The van der Waals surface area contributed by atoms with Crippen molar-refractivity contribution in [3.05, 3.63) is 5.01 Å². The first kappa shape index (κ1) is 12.7. The Balaban J connectivity index is 1.46. The van der Waals surface area contributed by atoms with Gasteiger partial charge in [0.1, 0.15) is 5.01 Å². The second-order valence-electron chi connectivity index (χ2n) is 4.21. The summed E-state index contributed by atoms with van der Waals surface area (Å²) in [4.78, 5) is 0. The molecule has 0 saturated carbocycles. The maximum atomic E-state index is 5.61. The quantitative estimate of drug-likeness (QED) is 0.753. The molecule has 5 nitrogen and oxygen atoms in total. The molecule has 0 radical (unpaired) electrons. The molecule has 1 saturated heterocycles. The predicted molar refractivity (Wildman–Crippen MR) is 67.5 cm³/mol. The smallest absolute Gasteiger partial charge is 0.205 e. The van der Waals surface area contributed by atoms with Crippen LogP contribution in [0.25, 0.3) is 0 Å². The highest BCUT2D eigenvalue weighted by Gasteiger charge is 2.15. The molecule has 0 spiro atoms. The van der Waals surface area contributed by atoms with Crippen molar-refractivity contribution in [2.45, 2.75) is 19.8 Å². The number of aryl methyl sites for hydroxylation is 1. The van der Waals surface area contributed by atoms with Crippen molar-refractivity contribution >= 4 is 16.5 Å². The summed E-state index contributed by atoms with van der Waals surface area (Å²) in [6.45, 7) is 6.22. The average molecular weight is 257 g/mol. The van der Waals surface area contributed by atoms with Crippen LogP contribution in [0.5, 0.6) is 0 Å². The first-order valence-electron chi connectivity index (χ1n) is 6.04. The molecule has 17 heavy (non-hydrogen) atoms. The van der Waals surface area contributed by atoms with Gasteiger partial charge in [0.15, 0.2) is 0 Å². The molecule has 1 aliphatic heterocycles. The van der Waals surface area contributed by atoms with Crippen LogP contribution in [-0.4, -0.2) is 43.2 Å². The average Bonchev–Trinajstić information content (AvgIpc) is 2.95. The monoisotopic (exact) mass is 257 g/mol. The molecule has 6 heteroatoms. The lowest BCUT2D eigenvalue weighted by molar-refractivity contribution is 0.0897. The van der Waals surface area contributed by atoms with Crippen molar-refractivity contribution in [1.29, 1.82) is 0 Å². The predicted octanol–water partition coefficient (Wildman–Crippen LogP) is 1.70. The second kappa shape index (κ2) is 6.88. The fourth-order valence-corrected chi connectivity index (χ4v) is 2.32. The summed E-state index contributed by atoms with van der Waals surface area (Å²) < 4.78 is 10.9. The second-order valence-corrected chi connectivity index (χ2v) is 5.39. The molecule has 1 fully saturated rings. The molecule has 0 bridgehead atoms. The van der Waals surface area contributed by atoms with E-state index in [1.807, 2.05) is 6.92 Å². The van der Waals surface area contributed by atoms with E-state index in [9.17, 15) is 0 Å². The van der Waals surface area contributed by atoms with Crippen LogP contribution >= 0.6 is 11.3 Å². The van der Waals surface area contributed by atoms with E-state index in [1.165, 1.54) is 0 Å². The van der Waals surface area contributed by atoms with Crippen LogP contribution in [0, 0.1) is 12.8 Å². The first-order chi connectivity index (χ1) is 8.34. The topological polar surface area (TPSA) is 56.3 Å². The molecule has 1 unspecified atom stereocenters. The van der Waals surface area contributed by atoms with Crippen LogP contribution in [-0.2, 0) is 9.47 Å². The van der Waals surface area contributed by atoms with Crippen LogP contribution in [0.2, 0.25) is 0 Å². The third-order valence-electron chi connectivity index (χ3n) is 2.65. The first-order valence-corrected chi connectivity index (χ1v) is 6.85. The number of nitrogens with zero attached hydrogens (tertiary/aromatic N) is 2. The van der Waals surface area contributed by atoms with Gasteiger partial charge in [0, 0.05) is 25.7 Å². The number of nitrogens with one attached hydrogen (secondary N) is 1. The minimum absolute atomic E-state index is 0.605. The molecule has 0 aliphatic carbocycles. The summed E-state index contributed by atoms with van der Waals surface area (Å²) >= 11 is 1.58. The molecular formula is C11H19N3O2S. The van der Waals surface area contributed by atoms with Crippen LogP contribution in [0.3, 0.4) is 0 Å². The maximum absolute atomic E-state index is 5.61. The number of hydrogen-bond donors (Lipinski definition) is 1. The van der Waals surface area contributed by atoms with Gasteiger partial charge in [-0.15, -0.1) is 10.2 Å². The Morgan fingerprint density at radius 3 is 3.18 bits per heavy atom. The Hall–Kier alpha value is -0.720. The zero-order valence-electron chi connectivity index (χ0n) is 10.1. The molecule has 0 amide bonds. The van der Waals surface area contributed by atoms with Crippen LogP contribution in [0.4, 0.5) is 5.13 Å². The lowest BCUT2D eigenvalue weighted by atomic mass is 10.1. The van der Waals surface area contributed by atoms with Crippen molar-refractivity contribution in [2.75, 3.05) is 38.3 Å². The van der Waals surface area contributed by atoms with E-state index in [4.69, 9.17) is 9.47 Å². The van der Waals surface area contributed by atoms with E-state index in [0.717, 1.165) is 56.0 Å². The van der Waals surface area contributed by atoms with E-state index >= 15 is 0 Å². The Morgan fingerprint density at radius 2 is 2.47 bits per heavy atom. The van der Waals surface area contributed by atoms with Crippen molar-refractivity contribution in [1.82, 2.24) is 10.2 Å². The third-order valence-corrected chi connectivity index (χ3v) is 3.44. The molecule has 1 aliphatic rings. The number of anilines is 1. The van der Waals surface area contributed by atoms with E-state index in [-0.39, 0.29) is 0 Å². The Kier molecular flexibility index (Phi) is 5.15. The molecule has 2 rings (SSSR count). The van der Waals surface area contributed by atoms with E-state index in [2.05, 4.69) is 15.5 Å². The van der Waals surface area contributed by atoms with E-state index < -0.39 is 0 Å². The largest absolute Gasteiger partial charge is 0.381 e.